The minimum Gasteiger partial charge on any atom is -0.493 e. The van der Waals surface area contributed by atoms with Crippen LogP contribution in [0.15, 0.2) is 18.2 Å². The van der Waals surface area contributed by atoms with Crippen molar-refractivity contribution in [1.29, 1.82) is 0 Å². The number of carbonyl (C=O) groups is 2. The van der Waals surface area contributed by atoms with Crippen LogP contribution in [-0.2, 0) is 15.7 Å². The maximum atomic E-state index is 13.5. The van der Waals surface area contributed by atoms with Gasteiger partial charge in [-0.05, 0) is 53.0 Å². The molecule has 0 heterocycles. The zero-order valence-corrected chi connectivity index (χ0v) is 16.9. The number of hydrogen-bond acceptors (Lipinski definition) is 4. The van der Waals surface area contributed by atoms with Gasteiger partial charge in [0.1, 0.15) is 11.4 Å². The molecule has 1 aliphatic carbocycles. The predicted molar refractivity (Wildman–Crippen MR) is 98.6 cm³/mol. The lowest BCUT2D eigenvalue weighted by Crippen LogP contribution is -2.34. The number of halogens is 3. The van der Waals surface area contributed by atoms with Gasteiger partial charge in [0.05, 0.1) is 23.6 Å². The highest BCUT2D eigenvalue weighted by Gasteiger charge is 2.50. The molecule has 0 aliphatic heterocycles. The van der Waals surface area contributed by atoms with Crippen LogP contribution in [0.4, 0.5) is 18.0 Å². The molecule has 162 valence electrons. The first-order chi connectivity index (χ1) is 13.3. The molecule has 2 N–H and O–H groups in total. The van der Waals surface area contributed by atoms with Crippen molar-refractivity contribution in [2.24, 2.45) is 5.41 Å². The standard InChI is InChI=1S/C20H26F3NO5/c1-12(24-17(27)29-18(2,3)4)13-6-5-7-14(20(21,22)23)15(13)28-11-10-19(8-9-19)16(25)26/h5-7,12H,8-11H2,1-4H3,(H,24,27)(H,25,26)/t12-/m1/s1. The first-order valence-corrected chi connectivity index (χ1v) is 9.31. The molecule has 9 heteroatoms. The zero-order chi connectivity index (χ0) is 22.0. The summed E-state index contributed by atoms with van der Waals surface area (Å²) in [6, 6.07) is 2.73. The van der Waals surface area contributed by atoms with Gasteiger partial charge in [-0.3, -0.25) is 4.79 Å². The number of carboxylic acid groups (broad SMARTS) is 1. The normalized spacial score (nSPS) is 16.7. The minimum atomic E-state index is -4.67. The third kappa shape index (κ3) is 6.01. The number of nitrogens with one attached hydrogen (secondary N) is 1. The van der Waals surface area contributed by atoms with Crippen LogP contribution in [0, 0.1) is 5.41 Å². The van der Waals surface area contributed by atoms with Crippen LogP contribution in [0.25, 0.3) is 0 Å². The Morgan fingerprint density at radius 3 is 2.34 bits per heavy atom. The molecule has 0 aromatic heterocycles. The maximum Gasteiger partial charge on any atom is 0.419 e. The molecule has 1 atom stereocenters. The molecular formula is C20H26F3NO5. The van der Waals surface area contributed by atoms with Gasteiger partial charge in [0.2, 0.25) is 0 Å². The van der Waals surface area contributed by atoms with E-state index in [1.165, 1.54) is 19.1 Å². The second kappa shape index (κ2) is 8.12. The fourth-order valence-electron chi connectivity index (χ4n) is 2.91. The minimum absolute atomic E-state index is 0.113. The van der Waals surface area contributed by atoms with E-state index in [1.54, 1.807) is 20.8 Å². The van der Waals surface area contributed by atoms with E-state index in [0.29, 0.717) is 12.8 Å². The maximum absolute atomic E-state index is 13.5. The average Bonchev–Trinajstić information content (AvgIpc) is 3.33. The summed E-state index contributed by atoms with van der Waals surface area (Å²) in [7, 11) is 0. The smallest absolute Gasteiger partial charge is 0.419 e. The number of alkyl carbamates (subject to hydrolysis) is 1. The number of amides is 1. The molecule has 1 amide bonds. The second-order valence-electron chi connectivity index (χ2n) is 8.27. The topological polar surface area (TPSA) is 84.9 Å². The van der Waals surface area contributed by atoms with Crippen LogP contribution < -0.4 is 10.1 Å². The Morgan fingerprint density at radius 1 is 1.24 bits per heavy atom. The molecular weight excluding hydrogens is 391 g/mol. The highest BCUT2D eigenvalue weighted by molar-refractivity contribution is 5.77. The van der Waals surface area contributed by atoms with Gasteiger partial charge in [0.25, 0.3) is 0 Å². The van der Waals surface area contributed by atoms with E-state index in [-0.39, 0.29) is 18.6 Å². The SMILES string of the molecule is C[C@@H](NC(=O)OC(C)(C)C)c1cccc(C(F)(F)F)c1OCCC1(C(=O)O)CC1. The number of hydrogen-bond donors (Lipinski definition) is 2. The van der Waals surface area contributed by atoms with Gasteiger partial charge in [-0.1, -0.05) is 12.1 Å². The van der Waals surface area contributed by atoms with Crippen LogP contribution in [-0.4, -0.2) is 29.4 Å². The molecule has 2 rings (SSSR count). The molecule has 0 saturated heterocycles. The molecule has 0 bridgehead atoms. The third-order valence-corrected chi connectivity index (χ3v) is 4.68. The second-order valence-corrected chi connectivity index (χ2v) is 8.27. The van der Waals surface area contributed by atoms with Crippen molar-refractivity contribution in [3.8, 4) is 5.75 Å². The van der Waals surface area contributed by atoms with Crippen molar-refractivity contribution in [1.82, 2.24) is 5.32 Å². The molecule has 1 fully saturated rings. The molecule has 1 saturated carbocycles. The number of para-hydroxylation sites is 1. The number of alkyl halides is 3. The molecule has 0 unspecified atom stereocenters. The Balaban J connectivity index is 2.22. The summed E-state index contributed by atoms with van der Waals surface area (Å²) in [5, 5.41) is 11.7. The van der Waals surface area contributed by atoms with Crippen molar-refractivity contribution >= 4 is 12.1 Å². The van der Waals surface area contributed by atoms with E-state index in [9.17, 15) is 27.9 Å². The molecule has 1 aromatic carbocycles. The fourth-order valence-corrected chi connectivity index (χ4v) is 2.91. The third-order valence-electron chi connectivity index (χ3n) is 4.68. The number of carbonyl (C=O) groups excluding carboxylic acids is 1. The summed E-state index contributed by atoms with van der Waals surface area (Å²) in [4.78, 5) is 23.3. The lowest BCUT2D eigenvalue weighted by molar-refractivity contribution is -0.144. The first-order valence-electron chi connectivity index (χ1n) is 9.31. The van der Waals surface area contributed by atoms with Gasteiger partial charge in [-0.2, -0.15) is 13.2 Å². The van der Waals surface area contributed by atoms with E-state index in [2.05, 4.69) is 5.32 Å². The van der Waals surface area contributed by atoms with E-state index < -0.39 is 46.6 Å². The van der Waals surface area contributed by atoms with Crippen LogP contribution in [0.2, 0.25) is 0 Å². The van der Waals surface area contributed by atoms with Gasteiger partial charge < -0.3 is 19.9 Å². The van der Waals surface area contributed by atoms with Gasteiger partial charge in [0, 0.05) is 5.56 Å². The summed E-state index contributed by atoms with van der Waals surface area (Å²) in [6.07, 6.45) is -4.36. The van der Waals surface area contributed by atoms with Crippen molar-refractivity contribution in [2.45, 2.75) is 64.8 Å². The number of rotatable bonds is 7. The molecule has 0 radical (unpaired) electrons. The summed E-state index contributed by atoms with van der Waals surface area (Å²) in [6.45, 7) is 6.36. The van der Waals surface area contributed by atoms with Crippen molar-refractivity contribution < 1.29 is 37.3 Å². The zero-order valence-electron chi connectivity index (χ0n) is 16.9. The monoisotopic (exact) mass is 417 g/mol. The number of carboxylic acids is 1. The quantitative estimate of drug-likeness (QED) is 0.658. The van der Waals surface area contributed by atoms with E-state index in [0.717, 1.165) is 6.07 Å². The first kappa shape index (κ1) is 22.8. The largest absolute Gasteiger partial charge is 0.493 e. The molecule has 1 aliphatic rings. The highest BCUT2D eigenvalue weighted by atomic mass is 19.4. The van der Waals surface area contributed by atoms with Crippen LogP contribution in [0.1, 0.15) is 64.1 Å². The number of aliphatic carboxylic acids is 1. The fraction of sp³-hybridized carbons (Fsp3) is 0.600. The van der Waals surface area contributed by atoms with Crippen molar-refractivity contribution in [3.05, 3.63) is 29.3 Å². The molecule has 0 spiro atoms. The number of benzene rings is 1. The summed E-state index contributed by atoms with van der Waals surface area (Å²) >= 11 is 0. The molecule has 29 heavy (non-hydrogen) atoms. The predicted octanol–water partition coefficient (Wildman–Crippen LogP) is 4.92. The highest BCUT2D eigenvalue weighted by Crippen LogP contribution is 2.49. The molecule has 6 nitrogen and oxygen atoms in total. The van der Waals surface area contributed by atoms with E-state index in [1.807, 2.05) is 0 Å². The van der Waals surface area contributed by atoms with Crippen LogP contribution in [0.5, 0.6) is 5.75 Å². The van der Waals surface area contributed by atoms with E-state index in [4.69, 9.17) is 9.47 Å². The van der Waals surface area contributed by atoms with E-state index >= 15 is 0 Å². The van der Waals surface area contributed by atoms with Crippen molar-refractivity contribution in [2.75, 3.05) is 6.61 Å². The Morgan fingerprint density at radius 2 is 1.86 bits per heavy atom. The van der Waals surface area contributed by atoms with Crippen LogP contribution >= 0.6 is 0 Å². The summed E-state index contributed by atoms with van der Waals surface area (Å²) in [5.74, 6) is -1.38. The Bertz CT molecular complexity index is 766. The van der Waals surface area contributed by atoms with Gasteiger partial charge in [-0.15, -0.1) is 0 Å². The Kier molecular flexibility index (Phi) is 6.39. The van der Waals surface area contributed by atoms with Gasteiger partial charge >= 0.3 is 18.2 Å². The van der Waals surface area contributed by atoms with Gasteiger partial charge in [-0.25, -0.2) is 4.79 Å². The molecule has 1 aromatic rings. The Hall–Kier alpha value is -2.45. The van der Waals surface area contributed by atoms with Crippen molar-refractivity contribution in [3.63, 3.8) is 0 Å². The summed E-state index contributed by atoms with van der Waals surface area (Å²) < 4.78 is 51.1. The van der Waals surface area contributed by atoms with Crippen LogP contribution in [0.3, 0.4) is 0 Å². The average molecular weight is 417 g/mol. The lowest BCUT2D eigenvalue weighted by Gasteiger charge is -2.24. The Labute approximate surface area is 167 Å². The number of ether oxygens (including phenoxy) is 2. The van der Waals surface area contributed by atoms with Gasteiger partial charge in [0.15, 0.2) is 0 Å². The summed E-state index contributed by atoms with van der Waals surface area (Å²) in [5.41, 5.74) is -2.51. The lowest BCUT2D eigenvalue weighted by atomic mass is 10.0.